The van der Waals surface area contributed by atoms with Crippen molar-refractivity contribution >= 4 is 15.0 Å². The molecule has 0 aliphatic rings. The largest absolute Gasteiger partial charge is 0.466 e. The summed E-state index contributed by atoms with van der Waals surface area (Å²) in [6, 6.07) is 0. The average Bonchev–Trinajstić information content (AvgIpc) is 1.85. The van der Waals surface area contributed by atoms with Crippen LogP contribution in [0.25, 0.3) is 0 Å². The molecule has 0 bridgehead atoms. The Morgan fingerprint density at radius 2 is 2.00 bits per heavy atom. The first kappa shape index (κ1) is 10.6. The van der Waals surface area contributed by atoms with E-state index in [4.69, 9.17) is 9.16 Å². The molecule has 0 radical (unpaired) electrons. The van der Waals surface area contributed by atoms with Crippen LogP contribution in [0.1, 0.15) is 13.3 Å². The summed E-state index contributed by atoms with van der Waals surface area (Å²) in [6.07, 6.45) is 0.810. The molecule has 0 amide bonds. The highest BCUT2D eigenvalue weighted by atomic mass is 28.3. The molecule has 0 heterocycles. The van der Waals surface area contributed by atoms with Crippen molar-refractivity contribution in [2.75, 3.05) is 13.2 Å². The number of hydrogen-bond acceptors (Lipinski definition) is 3. The van der Waals surface area contributed by atoms with Gasteiger partial charge in [-0.25, -0.2) is 0 Å². The van der Waals surface area contributed by atoms with Crippen LogP contribution in [0.3, 0.4) is 0 Å². The Labute approximate surface area is 69.4 Å². The molecule has 0 N–H and O–H groups in total. The predicted octanol–water partition coefficient (Wildman–Crippen LogP) is 0.940. The van der Waals surface area contributed by atoms with Crippen molar-refractivity contribution in [1.82, 2.24) is 0 Å². The van der Waals surface area contributed by atoms with Crippen LogP contribution in [0.5, 0.6) is 0 Å². The van der Waals surface area contributed by atoms with Crippen molar-refractivity contribution in [2.45, 2.75) is 26.4 Å². The molecule has 0 aromatic heterocycles. The van der Waals surface area contributed by atoms with E-state index in [0.717, 1.165) is 13.0 Å². The van der Waals surface area contributed by atoms with Crippen LogP contribution in [-0.2, 0) is 14.0 Å². The molecule has 66 valence electrons. The van der Waals surface area contributed by atoms with Gasteiger partial charge in [0.05, 0.1) is 6.61 Å². The number of esters is 1. The minimum Gasteiger partial charge on any atom is -0.466 e. The monoisotopic (exact) mass is 176 g/mol. The second-order valence-corrected chi connectivity index (χ2v) is 5.04. The van der Waals surface area contributed by atoms with Crippen LogP contribution < -0.4 is 0 Å². The normalized spacial score (nSPS) is 10.2. The molecule has 11 heavy (non-hydrogen) atoms. The van der Waals surface area contributed by atoms with E-state index in [2.05, 4.69) is 13.1 Å². The Balaban J connectivity index is 2.97. The molecule has 0 fully saturated rings. The van der Waals surface area contributed by atoms with Crippen LogP contribution in [-0.4, -0.2) is 28.2 Å². The summed E-state index contributed by atoms with van der Waals surface area (Å²) >= 11 is 0. The summed E-state index contributed by atoms with van der Waals surface area (Å²) in [4.78, 5) is 10.3. The van der Waals surface area contributed by atoms with Gasteiger partial charge in [0.2, 0.25) is 0 Å². The molecule has 0 atom stereocenters. The molecule has 0 saturated carbocycles. The highest BCUT2D eigenvalue weighted by molar-refractivity contribution is 6.48. The number of rotatable bonds is 5. The van der Waals surface area contributed by atoms with Gasteiger partial charge in [0.1, 0.15) is 0 Å². The van der Waals surface area contributed by atoms with Gasteiger partial charge in [0.15, 0.2) is 9.04 Å². The van der Waals surface area contributed by atoms with Gasteiger partial charge in [-0.05, 0) is 13.1 Å². The van der Waals surface area contributed by atoms with Crippen LogP contribution in [0.2, 0.25) is 13.1 Å². The molecule has 0 aromatic rings. The van der Waals surface area contributed by atoms with Gasteiger partial charge in [-0.1, -0.05) is 0 Å². The van der Waals surface area contributed by atoms with E-state index in [1.807, 2.05) is 0 Å². The van der Waals surface area contributed by atoms with Crippen molar-refractivity contribution in [2.24, 2.45) is 0 Å². The van der Waals surface area contributed by atoms with Gasteiger partial charge in [0, 0.05) is 20.0 Å². The first-order valence-electron chi connectivity index (χ1n) is 3.88. The smallest absolute Gasteiger partial charge is 0.302 e. The summed E-state index contributed by atoms with van der Waals surface area (Å²) in [5.41, 5.74) is 0. The lowest BCUT2D eigenvalue weighted by molar-refractivity contribution is -0.141. The van der Waals surface area contributed by atoms with Crippen molar-refractivity contribution < 1.29 is 14.0 Å². The molecule has 0 aliphatic carbocycles. The number of carbonyl (C=O) groups is 1. The second kappa shape index (κ2) is 6.36. The highest BCUT2D eigenvalue weighted by Gasteiger charge is 1.95. The topological polar surface area (TPSA) is 35.5 Å². The van der Waals surface area contributed by atoms with E-state index in [0.29, 0.717) is 6.61 Å². The summed E-state index contributed by atoms with van der Waals surface area (Å²) < 4.78 is 10.1. The minimum absolute atomic E-state index is 0.216. The third kappa shape index (κ3) is 9.65. The lowest BCUT2D eigenvalue weighted by Gasteiger charge is -2.05. The third-order valence-electron chi connectivity index (χ3n) is 1.05. The van der Waals surface area contributed by atoms with Crippen LogP contribution >= 0.6 is 0 Å². The maximum atomic E-state index is 10.3. The SMILES string of the molecule is CC(=O)OCCCO[SiH](C)C. The van der Waals surface area contributed by atoms with Gasteiger partial charge in [-0.3, -0.25) is 4.79 Å². The molecule has 0 unspecified atom stereocenters. The van der Waals surface area contributed by atoms with Crippen molar-refractivity contribution in [1.29, 1.82) is 0 Å². The lowest BCUT2D eigenvalue weighted by atomic mass is 10.5. The summed E-state index contributed by atoms with van der Waals surface area (Å²) in [7, 11) is -0.878. The Bertz CT molecular complexity index is 114. The average molecular weight is 176 g/mol. The zero-order valence-corrected chi connectivity index (χ0v) is 8.58. The maximum Gasteiger partial charge on any atom is 0.302 e. The molecular weight excluding hydrogens is 160 g/mol. The molecule has 0 spiro atoms. The molecule has 4 heteroatoms. The molecule has 3 nitrogen and oxygen atoms in total. The van der Waals surface area contributed by atoms with Crippen LogP contribution in [0.15, 0.2) is 0 Å². The predicted molar refractivity (Wildman–Crippen MR) is 46.1 cm³/mol. The standard InChI is InChI=1S/C7H16O3Si/c1-7(8)9-5-4-6-10-11(2)3/h11H,4-6H2,1-3H3. The summed E-state index contributed by atoms with van der Waals surface area (Å²) in [6.45, 7) is 6.85. The van der Waals surface area contributed by atoms with Gasteiger partial charge < -0.3 is 9.16 Å². The van der Waals surface area contributed by atoms with Gasteiger partial charge in [-0.15, -0.1) is 0 Å². The first-order valence-corrected chi connectivity index (χ1v) is 6.66. The molecule has 0 rings (SSSR count). The van der Waals surface area contributed by atoms with E-state index in [1.54, 1.807) is 0 Å². The number of carbonyl (C=O) groups excluding carboxylic acids is 1. The molecule has 0 saturated heterocycles. The zero-order valence-electron chi connectivity index (χ0n) is 7.42. The van der Waals surface area contributed by atoms with Crippen molar-refractivity contribution in [3.63, 3.8) is 0 Å². The molecule has 0 aliphatic heterocycles. The quantitative estimate of drug-likeness (QED) is 0.355. The fourth-order valence-corrected chi connectivity index (χ4v) is 1.23. The Morgan fingerprint density at radius 1 is 1.36 bits per heavy atom. The minimum atomic E-state index is -0.878. The Hall–Kier alpha value is -0.353. The third-order valence-corrected chi connectivity index (χ3v) is 1.95. The molecular formula is C7H16O3Si. The second-order valence-electron chi connectivity index (χ2n) is 2.61. The van der Waals surface area contributed by atoms with E-state index in [9.17, 15) is 4.79 Å². The van der Waals surface area contributed by atoms with Crippen molar-refractivity contribution in [3.8, 4) is 0 Å². The Kier molecular flexibility index (Phi) is 6.16. The van der Waals surface area contributed by atoms with E-state index >= 15 is 0 Å². The van der Waals surface area contributed by atoms with E-state index < -0.39 is 9.04 Å². The van der Waals surface area contributed by atoms with Crippen LogP contribution in [0, 0.1) is 0 Å². The highest BCUT2D eigenvalue weighted by Crippen LogP contribution is 1.88. The van der Waals surface area contributed by atoms with Crippen molar-refractivity contribution in [3.05, 3.63) is 0 Å². The Morgan fingerprint density at radius 3 is 2.45 bits per heavy atom. The number of ether oxygens (including phenoxy) is 1. The van der Waals surface area contributed by atoms with Gasteiger partial charge in [0.25, 0.3) is 0 Å². The maximum absolute atomic E-state index is 10.3. The lowest BCUT2D eigenvalue weighted by Crippen LogP contribution is -2.11. The van der Waals surface area contributed by atoms with E-state index in [-0.39, 0.29) is 5.97 Å². The zero-order chi connectivity index (χ0) is 8.69. The first-order chi connectivity index (χ1) is 5.13. The number of hydrogen-bond donors (Lipinski definition) is 0. The van der Waals surface area contributed by atoms with E-state index in [1.165, 1.54) is 6.92 Å². The van der Waals surface area contributed by atoms with Crippen LogP contribution in [0.4, 0.5) is 0 Å². The van der Waals surface area contributed by atoms with Gasteiger partial charge in [-0.2, -0.15) is 0 Å². The summed E-state index contributed by atoms with van der Waals surface area (Å²) in [5.74, 6) is -0.216. The fourth-order valence-electron chi connectivity index (χ4n) is 0.594. The van der Waals surface area contributed by atoms with Gasteiger partial charge >= 0.3 is 5.97 Å². The fraction of sp³-hybridized carbons (Fsp3) is 0.857. The summed E-state index contributed by atoms with van der Waals surface area (Å²) in [5, 5.41) is 0. The molecule has 0 aromatic carbocycles.